The Bertz CT molecular complexity index is 1060. The predicted octanol–water partition coefficient (Wildman–Crippen LogP) is 4.88. The van der Waals surface area contributed by atoms with E-state index >= 15 is 0 Å². The minimum Gasteiger partial charge on any atom is -0.493 e. The van der Waals surface area contributed by atoms with Crippen molar-refractivity contribution in [3.63, 3.8) is 0 Å². The normalized spacial score (nSPS) is 22.0. The van der Waals surface area contributed by atoms with Crippen LogP contribution in [0, 0.1) is 5.92 Å². The van der Waals surface area contributed by atoms with E-state index in [2.05, 4.69) is 70.3 Å². The molecule has 0 aliphatic carbocycles. The highest BCUT2D eigenvalue weighted by Crippen LogP contribution is 2.48. The summed E-state index contributed by atoms with van der Waals surface area (Å²) < 4.78 is 11.2. The maximum atomic E-state index is 6.11. The second-order valence-electron chi connectivity index (χ2n) is 8.09. The zero-order chi connectivity index (χ0) is 21.4. The van der Waals surface area contributed by atoms with E-state index in [9.17, 15) is 0 Å². The highest BCUT2D eigenvalue weighted by molar-refractivity contribution is 6.30. The summed E-state index contributed by atoms with van der Waals surface area (Å²) in [6, 6.07) is 23.3. The average molecular weight is 436 g/mol. The number of hydrogen-bond acceptors (Lipinski definition) is 5. The molecule has 0 amide bonds. The number of hydrogen-bond donors (Lipinski definition) is 2. The summed E-state index contributed by atoms with van der Waals surface area (Å²) in [5, 5.41) is 0.752. The molecule has 2 aliphatic heterocycles. The topological polar surface area (TPSA) is 45.8 Å². The number of nitrogens with one attached hydrogen (secondary N) is 2. The minimum absolute atomic E-state index is 0.182. The zero-order valence-electron chi connectivity index (χ0n) is 17.6. The van der Waals surface area contributed by atoms with Crippen LogP contribution in [0.15, 0.2) is 66.7 Å². The molecule has 3 atom stereocenters. The summed E-state index contributed by atoms with van der Waals surface area (Å²) in [4.78, 5) is 2.44. The van der Waals surface area contributed by atoms with Gasteiger partial charge in [-0.3, -0.25) is 0 Å². The average Bonchev–Trinajstić information content (AvgIpc) is 3.24. The quantitative estimate of drug-likeness (QED) is 0.597. The minimum atomic E-state index is 0.182. The molecule has 0 bridgehead atoms. The van der Waals surface area contributed by atoms with Crippen molar-refractivity contribution in [3.8, 4) is 11.5 Å². The molecule has 3 aromatic rings. The maximum Gasteiger partial charge on any atom is 0.162 e. The molecule has 160 valence electrons. The van der Waals surface area contributed by atoms with Gasteiger partial charge in [-0.2, -0.15) is 0 Å². The van der Waals surface area contributed by atoms with Gasteiger partial charge in [0.1, 0.15) is 0 Å². The number of anilines is 1. The Morgan fingerprint density at radius 2 is 1.58 bits per heavy atom. The van der Waals surface area contributed by atoms with Crippen molar-refractivity contribution in [3.05, 3.63) is 88.4 Å². The van der Waals surface area contributed by atoms with E-state index in [4.69, 9.17) is 21.1 Å². The van der Waals surface area contributed by atoms with E-state index in [0.29, 0.717) is 5.92 Å². The SMILES string of the molecule is COc1cc2c(cc1OC)N(Cc1ccc(Cl)cc1)CC1C(c3ccccc3)NNC21. The van der Waals surface area contributed by atoms with Crippen LogP contribution in [0.4, 0.5) is 5.69 Å². The first-order valence-electron chi connectivity index (χ1n) is 10.5. The molecule has 0 spiro atoms. The molecule has 2 N–H and O–H groups in total. The molecule has 0 radical (unpaired) electrons. The van der Waals surface area contributed by atoms with Gasteiger partial charge in [-0.15, -0.1) is 0 Å². The lowest BCUT2D eigenvalue weighted by Crippen LogP contribution is -2.39. The molecule has 5 nitrogen and oxygen atoms in total. The largest absolute Gasteiger partial charge is 0.493 e. The van der Waals surface area contributed by atoms with Crippen LogP contribution in [-0.2, 0) is 6.54 Å². The third kappa shape index (κ3) is 3.74. The molecule has 5 rings (SSSR count). The van der Waals surface area contributed by atoms with Gasteiger partial charge < -0.3 is 14.4 Å². The Morgan fingerprint density at radius 1 is 0.903 bits per heavy atom. The molecule has 6 heteroatoms. The van der Waals surface area contributed by atoms with E-state index in [-0.39, 0.29) is 12.1 Å². The standard InChI is InChI=1S/C25H26ClN3O2/c1-30-22-12-19-21(13-23(22)31-2)29(14-16-8-10-18(26)11-9-16)15-20-24(27-28-25(19)20)17-6-4-3-5-7-17/h3-13,20,24-25,27-28H,14-15H2,1-2H3. The van der Waals surface area contributed by atoms with E-state index in [1.165, 1.54) is 16.7 Å². The van der Waals surface area contributed by atoms with Crippen molar-refractivity contribution in [1.82, 2.24) is 10.9 Å². The Morgan fingerprint density at radius 3 is 2.29 bits per heavy atom. The summed E-state index contributed by atoms with van der Waals surface area (Å²) in [7, 11) is 3.36. The second kappa shape index (κ2) is 8.42. The van der Waals surface area contributed by atoms with Crippen LogP contribution in [0.5, 0.6) is 11.5 Å². The smallest absolute Gasteiger partial charge is 0.162 e. The number of methoxy groups -OCH3 is 2. The van der Waals surface area contributed by atoms with Gasteiger partial charge in [-0.1, -0.05) is 54.1 Å². The van der Waals surface area contributed by atoms with Gasteiger partial charge in [0.15, 0.2) is 11.5 Å². The van der Waals surface area contributed by atoms with Crippen molar-refractivity contribution in [2.45, 2.75) is 18.6 Å². The fourth-order valence-electron chi connectivity index (χ4n) is 4.82. The first kappa shape index (κ1) is 20.2. The predicted molar refractivity (Wildman–Crippen MR) is 124 cm³/mol. The van der Waals surface area contributed by atoms with Crippen LogP contribution < -0.4 is 25.2 Å². The molecule has 31 heavy (non-hydrogen) atoms. The summed E-state index contributed by atoms with van der Waals surface area (Å²) in [6.07, 6.45) is 0. The lowest BCUT2D eigenvalue weighted by atomic mass is 9.81. The van der Waals surface area contributed by atoms with E-state index < -0.39 is 0 Å². The number of hydrazine groups is 1. The van der Waals surface area contributed by atoms with Crippen LogP contribution >= 0.6 is 11.6 Å². The molecular formula is C25H26ClN3O2. The Hall–Kier alpha value is -2.73. The molecule has 0 saturated carbocycles. The molecule has 0 aromatic heterocycles. The number of rotatable bonds is 5. The second-order valence-corrected chi connectivity index (χ2v) is 8.53. The Labute approximate surface area is 187 Å². The number of fused-ring (bicyclic) bond motifs is 3. The van der Waals surface area contributed by atoms with Gasteiger partial charge >= 0.3 is 0 Å². The van der Waals surface area contributed by atoms with Crippen molar-refractivity contribution >= 4 is 17.3 Å². The Kier molecular flexibility index (Phi) is 5.48. The van der Waals surface area contributed by atoms with Crippen molar-refractivity contribution < 1.29 is 9.47 Å². The van der Waals surface area contributed by atoms with Gasteiger partial charge in [0.2, 0.25) is 0 Å². The van der Waals surface area contributed by atoms with E-state index in [1.54, 1.807) is 14.2 Å². The number of ether oxygens (including phenoxy) is 2. The van der Waals surface area contributed by atoms with Gasteiger partial charge in [0.25, 0.3) is 0 Å². The Balaban J connectivity index is 1.56. The third-order valence-electron chi connectivity index (χ3n) is 6.34. The van der Waals surface area contributed by atoms with E-state index in [0.717, 1.165) is 35.3 Å². The van der Waals surface area contributed by atoms with Crippen molar-refractivity contribution in [2.24, 2.45) is 5.92 Å². The van der Waals surface area contributed by atoms with Gasteiger partial charge in [0.05, 0.1) is 26.3 Å². The van der Waals surface area contributed by atoms with Crippen LogP contribution in [0.1, 0.15) is 28.8 Å². The molecule has 2 aliphatic rings. The van der Waals surface area contributed by atoms with Crippen molar-refractivity contribution in [1.29, 1.82) is 0 Å². The van der Waals surface area contributed by atoms with Gasteiger partial charge in [0, 0.05) is 35.8 Å². The first-order chi connectivity index (χ1) is 15.2. The molecule has 2 heterocycles. The first-order valence-corrected chi connectivity index (χ1v) is 10.9. The fourth-order valence-corrected chi connectivity index (χ4v) is 4.94. The lowest BCUT2D eigenvalue weighted by molar-refractivity contribution is 0.350. The molecule has 1 saturated heterocycles. The lowest BCUT2D eigenvalue weighted by Gasteiger charge is -2.39. The molecule has 1 fully saturated rings. The molecule has 3 aromatic carbocycles. The van der Waals surface area contributed by atoms with Crippen LogP contribution in [-0.4, -0.2) is 20.8 Å². The highest BCUT2D eigenvalue weighted by atomic mass is 35.5. The number of nitrogens with zero attached hydrogens (tertiary/aromatic N) is 1. The van der Waals surface area contributed by atoms with Gasteiger partial charge in [-0.05, 0) is 34.9 Å². The summed E-state index contributed by atoms with van der Waals surface area (Å²) >= 11 is 6.11. The zero-order valence-corrected chi connectivity index (χ0v) is 18.4. The van der Waals surface area contributed by atoms with E-state index in [1.807, 2.05) is 12.1 Å². The molecular weight excluding hydrogens is 410 g/mol. The monoisotopic (exact) mass is 435 g/mol. The van der Waals surface area contributed by atoms with Crippen LogP contribution in [0.25, 0.3) is 0 Å². The number of halogens is 1. The fraction of sp³-hybridized carbons (Fsp3) is 0.280. The highest BCUT2D eigenvalue weighted by Gasteiger charge is 2.43. The van der Waals surface area contributed by atoms with Crippen LogP contribution in [0.3, 0.4) is 0 Å². The molecule has 3 unspecified atom stereocenters. The maximum absolute atomic E-state index is 6.11. The van der Waals surface area contributed by atoms with Gasteiger partial charge in [-0.25, -0.2) is 10.9 Å². The van der Waals surface area contributed by atoms with Crippen molar-refractivity contribution in [2.75, 3.05) is 25.7 Å². The summed E-state index contributed by atoms with van der Waals surface area (Å²) in [5.74, 6) is 1.85. The van der Waals surface area contributed by atoms with Crippen LogP contribution in [0.2, 0.25) is 5.02 Å². The summed E-state index contributed by atoms with van der Waals surface area (Å²) in [5.41, 5.74) is 12.0. The summed E-state index contributed by atoms with van der Waals surface area (Å²) in [6.45, 7) is 1.71. The third-order valence-corrected chi connectivity index (χ3v) is 6.59. The number of benzene rings is 3.